The Bertz CT molecular complexity index is 878. The van der Waals surface area contributed by atoms with Gasteiger partial charge in [-0.05, 0) is 56.4 Å². The summed E-state index contributed by atoms with van der Waals surface area (Å²) in [5.41, 5.74) is 0.736. The fourth-order valence-electron chi connectivity index (χ4n) is 4.81. The lowest BCUT2D eigenvalue weighted by Crippen LogP contribution is -2.47. The fourth-order valence-corrected chi connectivity index (χ4v) is 6.33. The van der Waals surface area contributed by atoms with Gasteiger partial charge in [0.2, 0.25) is 21.8 Å². The van der Waals surface area contributed by atoms with Crippen LogP contribution in [0.25, 0.3) is 0 Å². The van der Waals surface area contributed by atoms with Crippen LogP contribution in [0, 0.1) is 5.92 Å². The van der Waals surface area contributed by atoms with E-state index in [2.05, 4.69) is 5.32 Å². The van der Waals surface area contributed by atoms with Gasteiger partial charge in [-0.3, -0.25) is 9.59 Å². The van der Waals surface area contributed by atoms with Gasteiger partial charge in [0.15, 0.2) is 0 Å². The molecular formula is C22H31N3O4S. The Labute approximate surface area is 178 Å². The molecule has 30 heavy (non-hydrogen) atoms. The minimum absolute atomic E-state index is 0.00954. The van der Waals surface area contributed by atoms with Gasteiger partial charge in [-0.2, -0.15) is 4.31 Å². The molecule has 2 amide bonds. The van der Waals surface area contributed by atoms with Crippen LogP contribution in [0.15, 0.2) is 29.2 Å². The van der Waals surface area contributed by atoms with Crippen molar-refractivity contribution in [2.24, 2.45) is 5.92 Å². The number of piperidine rings is 1. The molecule has 8 heteroatoms. The third kappa shape index (κ3) is 4.54. The van der Waals surface area contributed by atoms with Crippen LogP contribution in [0.3, 0.4) is 0 Å². The molecule has 4 rings (SSSR count). The SMILES string of the molecule is O=C(NC1CCCCC1)[C@@H]1CCCN(S(=O)(=O)c2ccc(N3CCCC3=O)cc2)C1. The highest BCUT2D eigenvalue weighted by molar-refractivity contribution is 7.89. The molecule has 0 unspecified atom stereocenters. The quantitative estimate of drug-likeness (QED) is 0.773. The Kier molecular flexibility index (Phi) is 6.43. The summed E-state index contributed by atoms with van der Waals surface area (Å²) in [5.74, 6) is -0.227. The van der Waals surface area contributed by atoms with Gasteiger partial charge in [0, 0.05) is 37.8 Å². The zero-order valence-electron chi connectivity index (χ0n) is 17.4. The Morgan fingerprint density at radius 3 is 2.33 bits per heavy atom. The van der Waals surface area contributed by atoms with E-state index in [1.54, 1.807) is 29.2 Å². The highest BCUT2D eigenvalue weighted by atomic mass is 32.2. The Hall–Kier alpha value is -1.93. The van der Waals surface area contributed by atoms with Crippen molar-refractivity contribution in [1.29, 1.82) is 0 Å². The molecule has 164 valence electrons. The molecule has 2 aliphatic heterocycles. The number of anilines is 1. The summed E-state index contributed by atoms with van der Waals surface area (Å²) in [7, 11) is -3.67. The number of nitrogens with one attached hydrogen (secondary N) is 1. The summed E-state index contributed by atoms with van der Waals surface area (Å²) >= 11 is 0. The predicted octanol–water partition coefficient (Wildman–Crippen LogP) is 2.66. The van der Waals surface area contributed by atoms with E-state index >= 15 is 0 Å². The highest BCUT2D eigenvalue weighted by Crippen LogP contribution is 2.27. The molecule has 1 saturated carbocycles. The third-order valence-corrected chi connectivity index (χ3v) is 8.45. The zero-order chi connectivity index (χ0) is 21.1. The lowest BCUT2D eigenvalue weighted by atomic mass is 9.93. The smallest absolute Gasteiger partial charge is 0.243 e. The summed E-state index contributed by atoms with van der Waals surface area (Å²) in [6.45, 7) is 1.34. The first kappa shape index (κ1) is 21.3. The van der Waals surface area contributed by atoms with E-state index in [0.29, 0.717) is 25.9 Å². The maximum atomic E-state index is 13.2. The molecule has 1 aliphatic carbocycles. The van der Waals surface area contributed by atoms with Crippen LogP contribution in [0.1, 0.15) is 57.8 Å². The van der Waals surface area contributed by atoms with E-state index in [1.807, 2.05) is 0 Å². The van der Waals surface area contributed by atoms with Gasteiger partial charge < -0.3 is 10.2 Å². The van der Waals surface area contributed by atoms with Gasteiger partial charge in [-0.1, -0.05) is 19.3 Å². The van der Waals surface area contributed by atoms with Gasteiger partial charge in [0.05, 0.1) is 10.8 Å². The average molecular weight is 434 g/mol. The minimum atomic E-state index is -3.67. The van der Waals surface area contributed by atoms with E-state index in [9.17, 15) is 18.0 Å². The number of amides is 2. The molecule has 2 saturated heterocycles. The first-order valence-electron chi connectivity index (χ1n) is 11.2. The van der Waals surface area contributed by atoms with Crippen molar-refractivity contribution in [3.63, 3.8) is 0 Å². The number of carbonyl (C=O) groups excluding carboxylic acids is 2. The van der Waals surface area contributed by atoms with E-state index < -0.39 is 10.0 Å². The first-order chi connectivity index (χ1) is 14.4. The number of carbonyl (C=O) groups is 2. The van der Waals surface area contributed by atoms with Crippen LogP contribution < -0.4 is 10.2 Å². The minimum Gasteiger partial charge on any atom is -0.353 e. The number of hydrogen-bond donors (Lipinski definition) is 1. The molecule has 3 fully saturated rings. The van der Waals surface area contributed by atoms with Crippen molar-refractivity contribution in [2.75, 3.05) is 24.5 Å². The van der Waals surface area contributed by atoms with Gasteiger partial charge >= 0.3 is 0 Å². The number of hydrogen-bond acceptors (Lipinski definition) is 4. The number of sulfonamides is 1. The fraction of sp³-hybridized carbons (Fsp3) is 0.636. The number of benzene rings is 1. The maximum absolute atomic E-state index is 13.2. The molecule has 3 aliphatic rings. The third-order valence-electron chi connectivity index (χ3n) is 6.57. The molecule has 0 aromatic heterocycles. The standard InChI is InChI=1S/C22H31N3O4S/c26-21-9-5-15-25(21)19-10-12-20(13-11-19)30(28,29)24-14-4-6-17(16-24)22(27)23-18-7-2-1-3-8-18/h10-13,17-18H,1-9,14-16H2,(H,23,27)/t17-/m1/s1. The maximum Gasteiger partial charge on any atom is 0.243 e. The molecule has 1 aromatic rings. The normalized spacial score (nSPS) is 24.2. The van der Waals surface area contributed by atoms with Crippen LogP contribution in [0.5, 0.6) is 0 Å². The van der Waals surface area contributed by atoms with Crippen LogP contribution in [0.4, 0.5) is 5.69 Å². The summed E-state index contributed by atoms with van der Waals surface area (Å²) < 4.78 is 27.8. The molecule has 0 spiro atoms. The molecule has 0 radical (unpaired) electrons. The number of rotatable bonds is 5. The summed E-state index contributed by atoms with van der Waals surface area (Å²) in [6.07, 6.45) is 8.34. The van der Waals surface area contributed by atoms with E-state index in [1.165, 1.54) is 10.7 Å². The second-order valence-corrected chi connectivity index (χ2v) is 10.6. The molecule has 7 nitrogen and oxygen atoms in total. The Balaban J connectivity index is 1.41. The van der Waals surface area contributed by atoms with Gasteiger partial charge in [-0.25, -0.2) is 8.42 Å². The molecule has 0 bridgehead atoms. The van der Waals surface area contributed by atoms with Crippen molar-refractivity contribution < 1.29 is 18.0 Å². The van der Waals surface area contributed by atoms with Crippen molar-refractivity contribution >= 4 is 27.5 Å². The van der Waals surface area contributed by atoms with Gasteiger partial charge in [-0.15, -0.1) is 0 Å². The molecule has 1 atom stereocenters. The largest absolute Gasteiger partial charge is 0.353 e. The van der Waals surface area contributed by atoms with Crippen molar-refractivity contribution in [3.8, 4) is 0 Å². The molecule has 2 heterocycles. The van der Waals surface area contributed by atoms with Crippen molar-refractivity contribution in [2.45, 2.75) is 68.7 Å². The molecule has 1 aromatic carbocycles. The van der Waals surface area contributed by atoms with E-state index in [4.69, 9.17) is 0 Å². The van der Waals surface area contributed by atoms with Gasteiger partial charge in [0.25, 0.3) is 0 Å². The second-order valence-electron chi connectivity index (χ2n) is 8.69. The van der Waals surface area contributed by atoms with Crippen LogP contribution in [0.2, 0.25) is 0 Å². The van der Waals surface area contributed by atoms with Crippen molar-refractivity contribution in [3.05, 3.63) is 24.3 Å². The monoisotopic (exact) mass is 433 g/mol. The number of nitrogens with zero attached hydrogens (tertiary/aromatic N) is 2. The van der Waals surface area contributed by atoms with Crippen LogP contribution in [-0.2, 0) is 19.6 Å². The van der Waals surface area contributed by atoms with E-state index in [-0.39, 0.29) is 35.2 Å². The Morgan fingerprint density at radius 2 is 1.67 bits per heavy atom. The highest BCUT2D eigenvalue weighted by Gasteiger charge is 2.34. The predicted molar refractivity (Wildman–Crippen MR) is 115 cm³/mol. The van der Waals surface area contributed by atoms with E-state index in [0.717, 1.165) is 44.2 Å². The second kappa shape index (κ2) is 9.06. The first-order valence-corrected chi connectivity index (χ1v) is 12.6. The van der Waals surface area contributed by atoms with Crippen LogP contribution >= 0.6 is 0 Å². The van der Waals surface area contributed by atoms with Crippen molar-refractivity contribution in [1.82, 2.24) is 9.62 Å². The zero-order valence-corrected chi connectivity index (χ0v) is 18.2. The molecule has 1 N–H and O–H groups in total. The summed E-state index contributed by atoms with van der Waals surface area (Å²) in [4.78, 5) is 26.5. The molecular weight excluding hydrogens is 402 g/mol. The lowest BCUT2D eigenvalue weighted by Gasteiger charge is -2.33. The average Bonchev–Trinajstić information content (AvgIpc) is 3.20. The topological polar surface area (TPSA) is 86.8 Å². The Morgan fingerprint density at radius 1 is 0.933 bits per heavy atom. The summed E-state index contributed by atoms with van der Waals surface area (Å²) in [5, 5.41) is 3.15. The van der Waals surface area contributed by atoms with Gasteiger partial charge in [0.1, 0.15) is 0 Å². The summed E-state index contributed by atoms with van der Waals surface area (Å²) in [6, 6.07) is 6.78. The lowest BCUT2D eigenvalue weighted by molar-refractivity contribution is -0.127. The van der Waals surface area contributed by atoms with Crippen LogP contribution in [-0.4, -0.2) is 50.2 Å².